The Balaban J connectivity index is 2.31. The van der Waals surface area contributed by atoms with Gasteiger partial charge in [-0.2, -0.15) is 0 Å². The standard InChI is InChI=1S/C14H15N3O2/c1-10-8-13(18)17(14(19)9-10)12-6-2-4-11(16-12)5-3-7-15/h2,4,6,10H,7-9,15H2,1H3. The van der Waals surface area contributed by atoms with Crippen molar-refractivity contribution in [3.63, 3.8) is 0 Å². The molecule has 0 radical (unpaired) electrons. The lowest BCUT2D eigenvalue weighted by atomic mass is 9.98. The predicted octanol–water partition coefficient (Wildman–Crippen LogP) is 0.681. The van der Waals surface area contributed by atoms with Gasteiger partial charge in [-0.1, -0.05) is 18.9 Å². The van der Waals surface area contributed by atoms with Crippen molar-refractivity contribution in [1.29, 1.82) is 0 Å². The van der Waals surface area contributed by atoms with Gasteiger partial charge in [0, 0.05) is 12.8 Å². The van der Waals surface area contributed by atoms with Crippen LogP contribution in [0.15, 0.2) is 18.2 Å². The lowest BCUT2D eigenvalue weighted by Crippen LogP contribution is -2.43. The summed E-state index contributed by atoms with van der Waals surface area (Å²) >= 11 is 0. The monoisotopic (exact) mass is 257 g/mol. The van der Waals surface area contributed by atoms with Crippen molar-refractivity contribution in [3.8, 4) is 11.8 Å². The molecule has 19 heavy (non-hydrogen) atoms. The maximum Gasteiger partial charge on any atom is 0.235 e. The topological polar surface area (TPSA) is 76.3 Å². The Kier molecular flexibility index (Phi) is 3.93. The van der Waals surface area contributed by atoms with E-state index >= 15 is 0 Å². The summed E-state index contributed by atoms with van der Waals surface area (Å²) in [6.45, 7) is 2.13. The second-order valence-electron chi connectivity index (χ2n) is 4.52. The maximum atomic E-state index is 11.9. The summed E-state index contributed by atoms with van der Waals surface area (Å²) in [5, 5.41) is 0. The third-order valence-corrected chi connectivity index (χ3v) is 2.83. The number of nitrogens with two attached hydrogens (primary N) is 1. The number of pyridine rings is 1. The molecule has 1 saturated heterocycles. The first-order valence-corrected chi connectivity index (χ1v) is 6.13. The predicted molar refractivity (Wildman–Crippen MR) is 71.1 cm³/mol. The van der Waals surface area contributed by atoms with Gasteiger partial charge in [0.05, 0.1) is 6.54 Å². The molecule has 1 aromatic heterocycles. The van der Waals surface area contributed by atoms with Gasteiger partial charge in [-0.3, -0.25) is 9.59 Å². The number of rotatable bonds is 1. The van der Waals surface area contributed by atoms with Gasteiger partial charge in [-0.05, 0) is 24.0 Å². The number of hydrogen-bond acceptors (Lipinski definition) is 4. The molecule has 0 bridgehead atoms. The van der Waals surface area contributed by atoms with Gasteiger partial charge in [0.1, 0.15) is 11.5 Å². The van der Waals surface area contributed by atoms with Crippen molar-refractivity contribution in [2.24, 2.45) is 11.7 Å². The number of hydrogen-bond donors (Lipinski definition) is 1. The Morgan fingerprint density at radius 2 is 2.05 bits per heavy atom. The molecule has 1 fully saturated rings. The molecule has 0 spiro atoms. The van der Waals surface area contributed by atoms with E-state index in [1.807, 2.05) is 6.92 Å². The summed E-state index contributed by atoms with van der Waals surface area (Å²) in [5.74, 6) is 5.49. The Morgan fingerprint density at radius 3 is 2.68 bits per heavy atom. The lowest BCUT2D eigenvalue weighted by Gasteiger charge is -2.27. The number of piperidine rings is 1. The molecule has 2 amide bonds. The Hall–Kier alpha value is -2.19. The van der Waals surface area contributed by atoms with Crippen molar-refractivity contribution in [3.05, 3.63) is 23.9 Å². The maximum absolute atomic E-state index is 11.9. The van der Waals surface area contributed by atoms with Crippen molar-refractivity contribution in [1.82, 2.24) is 4.98 Å². The number of nitrogens with zero attached hydrogens (tertiary/aromatic N) is 2. The second kappa shape index (κ2) is 5.63. The van der Waals surface area contributed by atoms with Gasteiger partial charge in [-0.15, -0.1) is 0 Å². The first-order valence-electron chi connectivity index (χ1n) is 6.13. The van der Waals surface area contributed by atoms with E-state index in [1.165, 1.54) is 0 Å². The van der Waals surface area contributed by atoms with Crippen molar-refractivity contribution in [2.75, 3.05) is 11.4 Å². The highest BCUT2D eigenvalue weighted by atomic mass is 16.2. The molecule has 2 rings (SSSR count). The summed E-state index contributed by atoms with van der Waals surface area (Å²) < 4.78 is 0. The zero-order valence-electron chi connectivity index (χ0n) is 10.7. The molecule has 1 aliphatic heterocycles. The van der Waals surface area contributed by atoms with Gasteiger partial charge >= 0.3 is 0 Å². The van der Waals surface area contributed by atoms with Crippen molar-refractivity contribution >= 4 is 17.6 Å². The second-order valence-corrected chi connectivity index (χ2v) is 4.52. The van der Waals surface area contributed by atoms with Gasteiger partial charge in [0.2, 0.25) is 11.8 Å². The molecule has 0 aromatic carbocycles. The number of carbonyl (C=O) groups excluding carboxylic acids is 2. The third-order valence-electron chi connectivity index (χ3n) is 2.83. The van der Waals surface area contributed by atoms with E-state index in [-0.39, 0.29) is 24.3 Å². The minimum atomic E-state index is -0.208. The van der Waals surface area contributed by atoms with E-state index in [1.54, 1.807) is 18.2 Å². The summed E-state index contributed by atoms with van der Waals surface area (Å²) in [5.41, 5.74) is 5.80. The average molecular weight is 257 g/mol. The van der Waals surface area contributed by atoms with Crippen LogP contribution in [0.3, 0.4) is 0 Å². The number of aromatic nitrogens is 1. The molecule has 0 saturated carbocycles. The van der Waals surface area contributed by atoms with E-state index in [0.717, 1.165) is 4.90 Å². The van der Waals surface area contributed by atoms with E-state index in [9.17, 15) is 9.59 Å². The average Bonchev–Trinajstić information content (AvgIpc) is 2.35. The minimum absolute atomic E-state index is 0.0939. The quantitative estimate of drug-likeness (QED) is 0.593. The fourth-order valence-electron chi connectivity index (χ4n) is 2.00. The molecule has 0 aliphatic carbocycles. The van der Waals surface area contributed by atoms with Crippen molar-refractivity contribution in [2.45, 2.75) is 19.8 Å². The Labute approximate surface area is 111 Å². The minimum Gasteiger partial charge on any atom is -0.320 e. The highest BCUT2D eigenvalue weighted by molar-refractivity contribution is 6.15. The van der Waals surface area contributed by atoms with Crippen LogP contribution >= 0.6 is 0 Å². The van der Waals surface area contributed by atoms with Crippen LogP contribution in [0.2, 0.25) is 0 Å². The zero-order valence-corrected chi connectivity index (χ0v) is 10.7. The molecule has 0 atom stereocenters. The Morgan fingerprint density at radius 1 is 1.37 bits per heavy atom. The van der Waals surface area contributed by atoms with E-state index in [2.05, 4.69) is 16.8 Å². The molecular formula is C14H15N3O2. The molecule has 1 aromatic rings. The van der Waals surface area contributed by atoms with Crippen LogP contribution in [0.25, 0.3) is 0 Å². The van der Waals surface area contributed by atoms with Gasteiger partial charge in [0.15, 0.2) is 0 Å². The molecule has 5 nitrogen and oxygen atoms in total. The lowest BCUT2D eigenvalue weighted by molar-refractivity contribution is -0.130. The molecular weight excluding hydrogens is 242 g/mol. The van der Waals surface area contributed by atoms with E-state index in [0.29, 0.717) is 24.4 Å². The number of amides is 2. The fraction of sp³-hybridized carbons (Fsp3) is 0.357. The zero-order chi connectivity index (χ0) is 13.8. The van der Waals surface area contributed by atoms with Gasteiger partial charge < -0.3 is 5.73 Å². The molecule has 2 heterocycles. The summed E-state index contributed by atoms with van der Waals surface area (Å²) in [6.07, 6.45) is 0.734. The number of anilines is 1. The van der Waals surface area contributed by atoms with Crippen LogP contribution in [0.4, 0.5) is 5.82 Å². The number of carbonyl (C=O) groups is 2. The largest absolute Gasteiger partial charge is 0.320 e. The molecule has 0 unspecified atom stereocenters. The molecule has 2 N–H and O–H groups in total. The normalized spacial score (nSPS) is 16.2. The smallest absolute Gasteiger partial charge is 0.235 e. The van der Waals surface area contributed by atoms with Gasteiger partial charge in [-0.25, -0.2) is 9.88 Å². The van der Waals surface area contributed by atoms with Crippen LogP contribution < -0.4 is 10.6 Å². The Bertz CT molecular complexity index is 554. The summed E-state index contributed by atoms with van der Waals surface area (Å²) in [6, 6.07) is 5.08. The summed E-state index contributed by atoms with van der Waals surface area (Å²) in [7, 11) is 0. The van der Waals surface area contributed by atoms with Crippen LogP contribution in [0.1, 0.15) is 25.5 Å². The van der Waals surface area contributed by atoms with Gasteiger partial charge in [0.25, 0.3) is 0 Å². The summed E-state index contributed by atoms with van der Waals surface area (Å²) in [4.78, 5) is 29.3. The van der Waals surface area contributed by atoms with Crippen LogP contribution in [0.5, 0.6) is 0 Å². The van der Waals surface area contributed by atoms with Crippen molar-refractivity contribution < 1.29 is 9.59 Å². The third kappa shape index (κ3) is 2.98. The molecule has 98 valence electrons. The van der Waals surface area contributed by atoms with E-state index < -0.39 is 0 Å². The first-order chi connectivity index (χ1) is 9.11. The van der Waals surface area contributed by atoms with Crippen LogP contribution in [0, 0.1) is 17.8 Å². The molecule has 1 aliphatic rings. The van der Waals surface area contributed by atoms with Crippen LogP contribution in [-0.4, -0.2) is 23.3 Å². The highest BCUT2D eigenvalue weighted by Crippen LogP contribution is 2.23. The van der Waals surface area contributed by atoms with E-state index in [4.69, 9.17) is 5.73 Å². The highest BCUT2D eigenvalue weighted by Gasteiger charge is 2.32. The first kappa shape index (κ1) is 13.2. The number of imide groups is 1. The molecule has 5 heteroatoms. The SMILES string of the molecule is CC1CC(=O)N(c2cccc(C#CCN)n2)C(=O)C1. The van der Waals surface area contributed by atoms with Crippen LogP contribution in [-0.2, 0) is 9.59 Å². The fourth-order valence-corrected chi connectivity index (χ4v) is 2.00.